The number of H-pyrrole nitrogens is 1. The molecule has 0 aliphatic rings. The Balaban J connectivity index is 2.90. The third-order valence-corrected chi connectivity index (χ3v) is 8.20. The minimum atomic E-state index is -1.91. The lowest BCUT2D eigenvalue weighted by molar-refractivity contribution is -0.137. The van der Waals surface area contributed by atoms with Crippen LogP contribution in [-0.4, -0.2) is 88.0 Å². The summed E-state index contributed by atoms with van der Waals surface area (Å²) in [5, 5.41) is 39.7. The number of allylic oxidation sites excluding steroid dienone is 2. The molecule has 1 heterocycles. The van der Waals surface area contributed by atoms with Gasteiger partial charge in [-0.15, -0.1) is 6.58 Å². The number of hydrogen-bond donors (Lipinski definition) is 9. The second-order valence-electron chi connectivity index (χ2n) is 12.7. The van der Waals surface area contributed by atoms with Crippen LogP contribution in [0.5, 0.6) is 0 Å². The molecule has 0 saturated carbocycles. The Bertz CT molecular complexity index is 1230. The fourth-order valence-electron chi connectivity index (χ4n) is 5.19. The van der Waals surface area contributed by atoms with Crippen LogP contribution in [0.3, 0.4) is 0 Å². The summed E-state index contributed by atoms with van der Waals surface area (Å²) in [6.07, 6.45) is 11.7. The molecule has 0 unspecified atom stereocenters. The van der Waals surface area contributed by atoms with Crippen LogP contribution >= 0.6 is 0 Å². The lowest BCUT2D eigenvalue weighted by Crippen LogP contribution is -2.53. The van der Waals surface area contributed by atoms with Crippen LogP contribution in [0.2, 0.25) is 0 Å². The maximum Gasteiger partial charge on any atom is 0.303 e. The number of aliphatic carboxylic acids is 1. The number of carboxylic acid groups (broad SMARTS) is 1. The Kier molecular flexibility index (Phi) is 21.5. The van der Waals surface area contributed by atoms with E-state index in [-0.39, 0.29) is 38.6 Å². The van der Waals surface area contributed by atoms with Gasteiger partial charge in [-0.05, 0) is 63.1 Å². The van der Waals surface area contributed by atoms with Crippen molar-refractivity contribution in [3.8, 4) is 0 Å². The summed E-state index contributed by atoms with van der Waals surface area (Å²) in [5.74, 6) is -2.23. The van der Waals surface area contributed by atoms with Gasteiger partial charge in [-0.2, -0.15) is 0 Å². The normalized spacial score (nSPS) is 13.9. The number of carbonyl (C=O) groups excluding carboxylic acids is 3. The first-order chi connectivity index (χ1) is 23.3. The number of unbranched alkanes of at least 4 members (excludes halogenated alkanes) is 3. The fourth-order valence-corrected chi connectivity index (χ4v) is 5.19. The zero-order valence-corrected chi connectivity index (χ0v) is 29.6. The zero-order valence-electron chi connectivity index (χ0n) is 29.6. The van der Waals surface area contributed by atoms with Crippen molar-refractivity contribution in [1.29, 1.82) is 0 Å². The third kappa shape index (κ3) is 18.5. The Morgan fingerprint density at radius 3 is 2.37 bits per heavy atom. The Labute approximate surface area is 291 Å². The van der Waals surface area contributed by atoms with E-state index in [4.69, 9.17) is 10.8 Å². The van der Waals surface area contributed by atoms with Gasteiger partial charge in [0.2, 0.25) is 17.7 Å². The summed E-state index contributed by atoms with van der Waals surface area (Å²) in [5.41, 5.74) is 9.63. The van der Waals surface area contributed by atoms with Crippen LogP contribution in [0.1, 0.15) is 94.9 Å². The summed E-state index contributed by atoms with van der Waals surface area (Å²) < 4.78 is 0. The monoisotopic (exact) mass is 688 g/mol. The van der Waals surface area contributed by atoms with E-state index in [1.165, 1.54) is 19.3 Å². The predicted molar refractivity (Wildman–Crippen MR) is 192 cm³/mol. The number of nitrogens with two attached hydrogens (primary N) is 1. The maximum absolute atomic E-state index is 13.5. The van der Waals surface area contributed by atoms with Gasteiger partial charge < -0.3 is 47.3 Å². The predicted octanol–water partition coefficient (Wildman–Crippen LogP) is 2.58. The molecule has 0 aromatic carbocycles. The van der Waals surface area contributed by atoms with Gasteiger partial charge in [0.05, 0.1) is 12.1 Å². The van der Waals surface area contributed by atoms with Crippen molar-refractivity contribution in [2.75, 3.05) is 19.6 Å². The fraction of sp³-hybridized carbons (Fsp3) is 0.611. The summed E-state index contributed by atoms with van der Waals surface area (Å²) in [6.45, 7) is 15.0. The second-order valence-corrected chi connectivity index (χ2v) is 12.7. The van der Waals surface area contributed by atoms with Crippen molar-refractivity contribution in [1.82, 2.24) is 26.3 Å². The highest BCUT2D eigenvalue weighted by Gasteiger charge is 2.26. The molecular weight excluding hydrogens is 628 g/mol. The molecule has 13 heteroatoms. The molecule has 0 aliphatic heterocycles. The second kappa shape index (κ2) is 24.4. The number of hydrogen-bond acceptors (Lipinski definition) is 8. The summed E-state index contributed by atoms with van der Waals surface area (Å²) in [4.78, 5) is 52.7. The molecular formula is C36H60N6O7. The zero-order chi connectivity index (χ0) is 36.8. The average molecular weight is 689 g/mol. The van der Waals surface area contributed by atoms with Crippen LogP contribution in [-0.2, 0) is 25.6 Å². The number of aromatic amines is 1. The van der Waals surface area contributed by atoms with Gasteiger partial charge in [0, 0.05) is 44.2 Å². The van der Waals surface area contributed by atoms with E-state index in [0.29, 0.717) is 18.9 Å². The van der Waals surface area contributed by atoms with E-state index < -0.39 is 48.1 Å². The van der Waals surface area contributed by atoms with Crippen molar-refractivity contribution in [3.05, 3.63) is 53.9 Å². The van der Waals surface area contributed by atoms with Crippen LogP contribution in [0, 0.1) is 12.8 Å². The van der Waals surface area contributed by atoms with Gasteiger partial charge in [0.1, 0.15) is 6.04 Å². The Morgan fingerprint density at radius 1 is 1.00 bits per heavy atom. The van der Waals surface area contributed by atoms with Gasteiger partial charge >= 0.3 is 5.97 Å². The van der Waals surface area contributed by atoms with E-state index in [1.54, 1.807) is 6.20 Å². The SMILES string of the molecule is C=C[C@@H](CCCCCC)CNCC[C@H](N)C(=O)N[C@H](Cc1c[nH]c(C)c1/C=C\C(=C)C)C(=O)NCC[C@@H](NC(=O)CCCC(=O)O)C(O)O. The number of carboxylic acids is 1. The average Bonchev–Trinajstić information content (AvgIpc) is 3.39. The first-order valence-corrected chi connectivity index (χ1v) is 17.3. The van der Waals surface area contributed by atoms with E-state index in [0.717, 1.165) is 41.8 Å². The van der Waals surface area contributed by atoms with Gasteiger partial charge in [0.25, 0.3) is 0 Å². The first-order valence-electron chi connectivity index (χ1n) is 17.3. The number of amides is 3. The summed E-state index contributed by atoms with van der Waals surface area (Å²) in [6, 6.07) is -2.97. The number of rotatable bonds is 27. The summed E-state index contributed by atoms with van der Waals surface area (Å²) in [7, 11) is 0. The molecule has 1 aromatic heterocycles. The van der Waals surface area contributed by atoms with Crippen molar-refractivity contribution < 1.29 is 34.5 Å². The Hall–Kier alpha value is -3.78. The summed E-state index contributed by atoms with van der Waals surface area (Å²) >= 11 is 0. The smallest absolute Gasteiger partial charge is 0.303 e. The molecule has 13 nitrogen and oxygen atoms in total. The number of aliphatic hydroxyl groups excluding tert-OH is 1. The molecule has 0 aliphatic carbocycles. The Morgan fingerprint density at radius 2 is 1.73 bits per heavy atom. The number of aromatic nitrogens is 1. The molecule has 0 saturated heterocycles. The van der Waals surface area contributed by atoms with Gasteiger partial charge in [0.15, 0.2) is 6.29 Å². The highest BCUT2D eigenvalue weighted by Crippen LogP contribution is 2.19. The van der Waals surface area contributed by atoms with Crippen LogP contribution in [0.4, 0.5) is 0 Å². The van der Waals surface area contributed by atoms with Crippen molar-refractivity contribution >= 4 is 29.8 Å². The topological polar surface area (TPSA) is 219 Å². The molecule has 4 atom stereocenters. The standard InChI is InChI=1S/C36H60N6O7/c1-6-8-9-10-12-26(7-2)22-38-19-17-29(37)34(46)42-31(21-27-23-40-25(5)28(27)16-15-24(3)4)35(47)39-20-18-30(36(48)49)41-32(43)13-11-14-33(44)45/h7,15-16,23,26,29-31,36,38,40,48-49H,2-3,6,8-14,17-22,37H2,1,4-5H3,(H,39,47)(H,41,43)(H,42,46)(H,44,45)/b16-15-/t26-,29-,30+,31+/m0/s1. The molecule has 0 radical (unpaired) electrons. The minimum absolute atomic E-state index is 0.0277. The van der Waals surface area contributed by atoms with E-state index in [1.807, 2.05) is 32.1 Å². The number of nitrogens with one attached hydrogen (secondary N) is 5. The number of aryl methyl sites for hydroxylation is 1. The molecule has 1 rings (SSSR count). The van der Waals surface area contributed by atoms with Gasteiger partial charge in [-0.25, -0.2) is 0 Å². The molecule has 3 amide bonds. The maximum atomic E-state index is 13.5. The van der Waals surface area contributed by atoms with E-state index >= 15 is 0 Å². The molecule has 1 aromatic rings. The minimum Gasteiger partial charge on any atom is -0.481 e. The van der Waals surface area contributed by atoms with E-state index in [9.17, 15) is 29.4 Å². The molecule has 0 fully saturated rings. The lowest BCUT2D eigenvalue weighted by Gasteiger charge is -2.23. The molecule has 49 heavy (non-hydrogen) atoms. The lowest BCUT2D eigenvalue weighted by atomic mass is 10.0. The quantitative estimate of drug-likeness (QED) is 0.0287. The highest BCUT2D eigenvalue weighted by atomic mass is 16.5. The van der Waals surface area contributed by atoms with Crippen molar-refractivity contribution in [2.45, 2.75) is 116 Å². The van der Waals surface area contributed by atoms with Crippen molar-refractivity contribution in [2.24, 2.45) is 11.7 Å². The van der Waals surface area contributed by atoms with Gasteiger partial charge in [-0.3, -0.25) is 19.2 Å². The van der Waals surface area contributed by atoms with Crippen LogP contribution in [0.15, 0.2) is 37.1 Å². The van der Waals surface area contributed by atoms with Crippen molar-refractivity contribution in [3.63, 3.8) is 0 Å². The molecule has 10 N–H and O–H groups in total. The highest BCUT2D eigenvalue weighted by molar-refractivity contribution is 5.90. The largest absolute Gasteiger partial charge is 0.481 e. The van der Waals surface area contributed by atoms with Crippen LogP contribution in [0.25, 0.3) is 6.08 Å². The van der Waals surface area contributed by atoms with E-state index in [2.05, 4.69) is 46.3 Å². The third-order valence-electron chi connectivity index (χ3n) is 8.20. The van der Waals surface area contributed by atoms with Crippen LogP contribution < -0.4 is 27.0 Å². The molecule has 276 valence electrons. The first kappa shape index (κ1) is 43.2. The number of aliphatic hydroxyl groups is 2. The molecule has 0 bridgehead atoms. The van der Waals surface area contributed by atoms with Gasteiger partial charge in [-0.1, -0.05) is 63.0 Å². The number of carbonyl (C=O) groups is 4. The molecule has 0 spiro atoms.